The SMILES string of the molecule is Cc1ccc2nsnc2c1NC(=O)N1CCC[C@H](C(=O)c2ccccn2)C1. The smallest absolute Gasteiger partial charge is 0.321 e. The van der Waals surface area contributed by atoms with Crippen molar-refractivity contribution >= 4 is 40.3 Å². The minimum absolute atomic E-state index is 0.00455. The maximum absolute atomic E-state index is 12.8. The lowest BCUT2D eigenvalue weighted by molar-refractivity contribution is 0.0846. The molecule has 2 aromatic heterocycles. The second-order valence-electron chi connectivity index (χ2n) is 6.68. The van der Waals surface area contributed by atoms with E-state index >= 15 is 0 Å². The fourth-order valence-corrected chi connectivity index (χ4v) is 3.93. The lowest BCUT2D eigenvalue weighted by Gasteiger charge is -2.32. The molecule has 27 heavy (non-hydrogen) atoms. The van der Waals surface area contributed by atoms with Crippen molar-refractivity contribution in [3.63, 3.8) is 0 Å². The molecule has 8 heteroatoms. The number of rotatable bonds is 3. The number of nitrogens with zero attached hydrogens (tertiary/aromatic N) is 4. The van der Waals surface area contributed by atoms with Crippen LogP contribution in [0.3, 0.4) is 0 Å². The summed E-state index contributed by atoms with van der Waals surface area (Å²) in [4.78, 5) is 31.4. The van der Waals surface area contributed by atoms with Gasteiger partial charge in [-0.05, 0) is 43.5 Å². The molecule has 1 aliphatic heterocycles. The first-order valence-electron chi connectivity index (χ1n) is 8.86. The Labute approximate surface area is 160 Å². The van der Waals surface area contributed by atoms with Crippen molar-refractivity contribution in [1.82, 2.24) is 18.6 Å². The molecule has 3 heterocycles. The van der Waals surface area contributed by atoms with Gasteiger partial charge in [-0.1, -0.05) is 12.1 Å². The van der Waals surface area contributed by atoms with E-state index in [1.165, 1.54) is 0 Å². The maximum Gasteiger partial charge on any atom is 0.321 e. The Kier molecular flexibility index (Phi) is 4.81. The molecule has 2 amide bonds. The summed E-state index contributed by atoms with van der Waals surface area (Å²) >= 11 is 1.12. The molecule has 0 aliphatic carbocycles. The highest BCUT2D eigenvalue weighted by Crippen LogP contribution is 2.27. The number of nitrogens with one attached hydrogen (secondary N) is 1. The van der Waals surface area contributed by atoms with Crippen molar-refractivity contribution < 1.29 is 9.59 Å². The Morgan fingerprint density at radius 1 is 1.22 bits per heavy atom. The number of hydrogen-bond donors (Lipinski definition) is 1. The molecule has 0 bridgehead atoms. The molecule has 1 saturated heterocycles. The van der Waals surface area contributed by atoms with Gasteiger partial charge in [0.2, 0.25) is 0 Å². The highest BCUT2D eigenvalue weighted by Gasteiger charge is 2.30. The molecule has 0 unspecified atom stereocenters. The number of fused-ring (bicyclic) bond motifs is 1. The largest absolute Gasteiger partial charge is 0.324 e. The number of amides is 2. The summed E-state index contributed by atoms with van der Waals surface area (Å²) in [6, 6.07) is 8.92. The van der Waals surface area contributed by atoms with E-state index in [4.69, 9.17) is 0 Å². The van der Waals surface area contributed by atoms with Crippen molar-refractivity contribution in [3.05, 3.63) is 47.8 Å². The minimum Gasteiger partial charge on any atom is -0.324 e. The zero-order valence-electron chi connectivity index (χ0n) is 14.9. The number of likely N-dealkylation sites (tertiary alicyclic amines) is 1. The van der Waals surface area contributed by atoms with Crippen molar-refractivity contribution in [2.75, 3.05) is 18.4 Å². The van der Waals surface area contributed by atoms with E-state index in [2.05, 4.69) is 19.0 Å². The van der Waals surface area contributed by atoms with Crippen LogP contribution in [-0.4, -0.2) is 43.5 Å². The van der Waals surface area contributed by atoms with E-state index in [0.29, 0.717) is 30.0 Å². The van der Waals surface area contributed by atoms with Gasteiger partial charge in [0.1, 0.15) is 16.7 Å². The monoisotopic (exact) mass is 381 g/mol. The van der Waals surface area contributed by atoms with Gasteiger partial charge in [0.15, 0.2) is 5.78 Å². The molecule has 4 rings (SSSR count). The predicted octanol–water partition coefficient (Wildman–Crippen LogP) is 3.52. The number of carbonyl (C=O) groups is 2. The average molecular weight is 381 g/mol. The van der Waals surface area contributed by atoms with Crippen LogP contribution in [0.25, 0.3) is 11.0 Å². The van der Waals surface area contributed by atoms with Gasteiger partial charge < -0.3 is 10.2 Å². The fraction of sp³-hybridized carbons (Fsp3) is 0.316. The number of piperidine rings is 1. The number of pyridine rings is 1. The fourth-order valence-electron chi connectivity index (χ4n) is 3.39. The molecule has 0 radical (unpaired) electrons. The third-order valence-corrected chi connectivity index (χ3v) is 5.41. The Morgan fingerprint density at radius 2 is 2.11 bits per heavy atom. The number of hydrogen-bond acceptors (Lipinski definition) is 6. The van der Waals surface area contributed by atoms with E-state index < -0.39 is 0 Å². The predicted molar refractivity (Wildman–Crippen MR) is 104 cm³/mol. The number of carbonyl (C=O) groups excluding carboxylic acids is 2. The zero-order valence-corrected chi connectivity index (χ0v) is 15.7. The van der Waals surface area contributed by atoms with Crippen molar-refractivity contribution in [2.45, 2.75) is 19.8 Å². The van der Waals surface area contributed by atoms with Gasteiger partial charge in [-0.2, -0.15) is 8.75 Å². The van der Waals surface area contributed by atoms with Crippen LogP contribution in [0.2, 0.25) is 0 Å². The van der Waals surface area contributed by atoms with E-state index in [9.17, 15) is 9.59 Å². The molecule has 0 spiro atoms. The molecule has 1 N–H and O–H groups in total. The lowest BCUT2D eigenvalue weighted by Crippen LogP contribution is -2.44. The number of Topliss-reactive ketones (excluding diaryl/α,β-unsaturated/α-hetero) is 1. The zero-order chi connectivity index (χ0) is 18.8. The summed E-state index contributed by atoms with van der Waals surface area (Å²) in [7, 11) is 0. The van der Waals surface area contributed by atoms with Crippen LogP contribution in [0.1, 0.15) is 28.9 Å². The van der Waals surface area contributed by atoms with Crippen molar-refractivity contribution in [1.29, 1.82) is 0 Å². The van der Waals surface area contributed by atoms with Crippen molar-refractivity contribution in [3.8, 4) is 0 Å². The second-order valence-corrected chi connectivity index (χ2v) is 7.21. The standard InChI is InChI=1S/C19H19N5O2S/c1-12-7-8-14-17(23-27-22-14)16(12)21-19(26)24-10-4-5-13(11-24)18(25)15-6-2-3-9-20-15/h2-3,6-9,13H,4-5,10-11H2,1H3,(H,21,26)/t13-/m0/s1. The molecule has 1 atom stereocenters. The van der Waals surface area contributed by atoms with Crippen molar-refractivity contribution in [2.24, 2.45) is 5.92 Å². The van der Waals surface area contributed by atoms with Crippen LogP contribution >= 0.6 is 11.7 Å². The second kappa shape index (κ2) is 7.40. The van der Waals surface area contributed by atoms with Gasteiger partial charge in [0, 0.05) is 25.2 Å². The molecule has 1 aliphatic rings. The third-order valence-electron chi connectivity index (χ3n) is 4.86. The van der Waals surface area contributed by atoms with Gasteiger partial charge in [-0.3, -0.25) is 9.78 Å². The summed E-state index contributed by atoms with van der Waals surface area (Å²) in [6.07, 6.45) is 3.17. The normalized spacial score (nSPS) is 17.1. The van der Waals surface area contributed by atoms with E-state index in [1.807, 2.05) is 19.1 Å². The van der Waals surface area contributed by atoms with Gasteiger partial charge >= 0.3 is 6.03 Å². The van der Waals surface area contributed by atoms with E-state index in [0.717, 1.165) is 35.6 Å². The molecule has 3 aromatic rings. The van der Waals surface area contributed by atoms with Crippen LogP contribution in [0, 0.1) is 12.8 Å². The number of benzene rings is 1. The lowest BCUT2D eigenvalue weighted by atomic mass is 9.92. The highest BCUT2D eigenvalue weighted by molar-refractivity contribution is 7.00. The Bertz CT molecular complexity index is 988. The highest BCUT2D eigenvalue weighted by atomic mass is 32.1. The maximum atomic E-state index is 12.8. The van der Waals surface area contributed by atoms with Crippen LogP contribution in [0.4, 0.5) is 10.5 Å². The molecular weight excluding hydrogens is 362 g/mol. The van der Waals surface area contributed by atoms with Crippen LogP contribution in [-0.2, 0) is 0 Å². The van der Waals surface area contributed by atoms with Crippen LogP contribution in [0.5, 0.6) is 0 Å². The number of aromatic nitrogens is 3. The third kappa shape index (κ3) is 3.52. The topological polar surface area (TPSA) is 88.1 Å². The minimum atomic E-state index is -0.225. The molecule has 1 fully saturated rings. The Balaban J connectivity index is 1.49. The summed E-state index contributed by atoms with van der Waals surface area (Å²) in [6.45, 7) is 2.95. The molecule has 138 valence electrons. The van der Waals surface area contributed by atoms with Gasteiger partial charge in [0.25, 0.3) is 0 Å². The molecule has 7 nitrogen and oxygen atoms in total. The number of urea groups is 1. The van der Waals surface area contributed by atoms with Gasteiger partial charge in [-0.15, -0.1) is 0 Å². The first kappa shape index (κ1) is 17.5. The summed E-state index contributed by atoms with van der Waals surface area (Å²) in [5.41, 5.74) is 3.54. The molecule has 1 aromatic carbocycles. The first-order chi connectivity index (χ1) is 13.1. The number of ketones is 1. The Morgan fingerprint density at radius 3 is 2.93 bits per heavy atom. The van der Waals surface area contributed by atoms with Crippen LogP contribution < -0.4 is 5.32 Å². The Hall–Kier alpha value is -2.87. The van der Waals surface area contributed by atoms with E-state index in [1.54, 1.807) is 29.3 Å². The molecule has 0 saturated carbocycles. The first-order valence-corrected chi connectivity index (χ1v) is 9.59. The summed E-state index contributed by atoms with van der Waals surface area (Å²) in [5.74, 6) is -0.229. The average Bonchev–Trinajstić information content (AvgIpc) is 3.19. The van der Waals surface area contributed by atoms with Gasteiger partial charge in [0.05, 0.1) is 17.4 Å². The number of anilines is 1. The summed E-state index contributed by atoms with van der Waals surface area (Å²) in [5, 5.41) is 2.97. The summed E-state index contributed by atoms with van der Waals surface area (Å²) < 4.78 is 8.52. The van der Waals surface area contributed by atoms with Crippen LogP contribution in [0.15, 0.2) is 36.5 Å². The van der Waals surface area contributed by atoms with E-state index in [-0.39, 0.29) is 17.7 Å². The molecular formula is C19H19N5O2S. The quantitative estimate of drug-likeness (QED) is 0.701. The number of aryl methyl sites for hydroxylation is 1. The van der Waals surface area contributed by atoms with Gasteiger partial charge in [-0.25, -0.2) is 4.79 Å².